The molecule has 12 heteroatoms. The summed E-state index contributed by atoms with van der Waals surface area (Å²) < 4.78 is 26.4. The first-order chi connectivity index (χ1) is 19.5. The minimum Gasteiger partial charge on any atom is -0.452 e. The third-order valence-corrected chi connectivity index (χ3v) is 6.49. The van der Waals surface area contributed by atoms with Crippen LogP contribution in [0, 0.1) is 5.41 Å². The number of carbonyl (C=O) groups is 3. The Labute approximate surface area is 250 Å². The second-order valence-electron chi connectivity index (χ2n) is 8.86. The first-order valence-corrected chi connectivity index (χ1v) is 13.4. The molecule has 1 aliphatic rings. The zero-order chi connectivity index (χ0) is 29.6. The highest BCUT2D eigenvalue weighted by molar-refractivity contribution is 6.76. The Balaban J connectivity index is 1.73. The average molecular weight is 621 g/mol. The molecule has 0 amide bonds. The predicted octanol–water partition coefficient (Wildman–Crippen LogP) is 5.77. The van der Waals surface area contributed by atoms with Crippen molar-refractivity contribution >= 4 is 58.6 Å². The fraction of sp³-hybridized carbons (Fsp3) is 0.241. The molecule has 5 atom stereocenters. The van der Waals surface area contributed by atoms with Gasteiger partial charge >= 0.3 is 17.9 Å². The van der Waals surface area contributed by atoms with Crippen molar-refractivity contribution in [1.29, 1.82) is 5.41 Å². The number of halogens is 3. The van der Waals surface area contributed by atoms with E-state index in [2.05, 4.69) is 0 Å². The van der Waals surface area contributed by atoms with Gasteiger partial charge in [-0.05, 0) is 43.3 Å². The lowest BCUT2D eigenvalue weighted by Gasteiger charge is -2.43. The highest BCUT2D eigenvalue weighted by Crippen LogP contribution is 2.34. The monoisotopic (exact) mass is 619 g/mol. The molecule has 0 unspecified atom stereocenters. The number of rotatable bonds is 7. The molecular formula is C29H24Cl3NO8. The first kappa shape index (κ1) is 30.3. The van der Waals surface area contributed by atoms with Gasteiger partial charge in [0.25, 0.3) is 3.79 Å². The Morgan fingerprint density at radius 3 is 1.39 bits per heavy atom. The molecule has 4 rings (SSSR count). The van der Waals surface area contributed by atoms with E-state index in [1.165, 1.54) is 31.2 Å². The number of alkyl halides is 3. The number of ether oxygens (including phenoxy) is 5. The molecule has 1 heterocycles. The van der Waals surface area contributed by atoms with E-state index in [1.807, 2.05) is 0 Å². The average Bonchev–Trinajstić information content (AvgIpc) is 2.97. The Hall–Kier alpha value is -3.63. The lowest BCUT2D eigenvalue weighted by molar-refractivity contribution is -0.270. The van der Waals surface area contributed by atoms with E-state index >= 15 is 0 Å². The summed E-state index contributed by atoms with van der Waals surface area (Å²) in [5.74, 6) is -3.22. The van der Waals surface area contributed by atoms with Crippen LogP contribution in [0.2, 0.25) is 0 Å². The van der Waals surface area contributed by atoms with Gasteiger partial charge in [0, 0.05) is 0 Å². The minimum absolute atomic E-state index is 0.160. The zero-order valence-corrected chi connectivity index (χ0v) is 23.7. The normalized spacial score (nSPS) is 22.2. The number of hydrogen-bond donors (Lipinski definition) is 1. The van der Waals surface area contributed by atoms with Gasteiger partial charge in [-0.1, -0.05) is 89.4 Å². The lowest BCUT2D eigenvalue weighted by atomic mass is 9.98. The van der Waals surface area contributed by atoms with Crippen LogP contribution < -0.4 is 0 Å². The van der Waals surface area contributed by atoms with Crippen LogP contribution >= 0.6 is 34.8 Å². The van der Waals surface area contributed by atoms with Crippen LogP contribution in [0.3, 0.4) is 0 Å². The standard InChI is InChI=1S/C29H24Cl3NO8/c1-17-21(38-24(34)18-11-5-2-6-12-18)22(39-25(35)19-13-7-3-8-14-19)23(27(37-17)41-28(33)29(30,31)32)40-26(36)20-15-9-4-10-16-20/h2-17,21-23,27,33H,1H3/t17-,21-,22+,23+,27-/m0/s1. The van der Waals surface area contributed by atoms with Crippen LogP contribution in [0.15, 0.2) is 91.0 Å². The molecule has 1 saturated heterocycles. The van der Waals surface area contributed by atoms with Gasteiger partial charge in [0.05, 0.1) is 22.8 Å². The van der Waals surface area contributed by atoms with E-state index in [0.29, 0.717) is 0 Å². The number of benzene rings is 3. The summed E-state index contributed by atoms with van der Waals surface area (Å²) in [6.45, 7) is 1.52. The van der Waals surface area contributed by atoms with Crippen LogP contribution in [-0.2, 0) is 23.7 Å². The fourth-order valence-corrected chi connectivity index (χ4v) is 4.10. The Morgan fingerprint density at radius 2 is 1.00 bits per heavy atom. The van der Waals surface area contributed by atoms with E-state index in [0.717, 1.165) is 0 Å². The van der Waals surface area contributed by atoms with E-state index in [9.17, 15) is 14.4 Å². The molecule has 0 aromatic heterocycles. The van der Waals surface area contributed by atoms with E-state index in [-0.39, 0.29) is 16.7 Å². The second kappa shape index (κ2) is 13.4. The Kier molecular flexibility index (Phi) is 9.88. The maximum Gasteiger partial charge on any atom is 0.338 e. The number of hydrogen-bond acceptors (Lipinski definition) is 9. The van der Waals surface area contributed by atoms with Gasteiger partial charge < -0.3 is 23.7 Å². The van der Waals surface area contributed by atoms with Crippen molar-refractivity contribution in [2.75, 3.05) is 0 Å². The van der Waals surface area contributed by atoms with Gasteiger partial charge in [0.2, 0.25) is 18.3 Å². The third-order valence-electron chi connectivity index (χ3n) is 5.98. The topological polar surface area (TPSA) is 121 Å². The summed E-state index contributed by atoms with van der Waals surface area (Å²) in [6, 6.07) is 24.1. The van der Waals surface area contributed by atoms with Crippen LogP contribution in [0.1, 0.15) is 38.0 Å². The molecule has 9 nitrogen and oxygen atoms in total. The molecule has 3 aromatic carbocycles. The quantitative estimate of drug-likeness (QED) is 0.116. The highest BCUT2D eigenvalue weighted by atomic mass is 35.6. The van der Waals surface area contributed by atoms with Crippen molar-refractivity contribution in [2.45, 2.75) is 41.4 Å². The number of carbonyl (C=O) groups excluding carboxylic acids is 3. The minimum atomic E-state index is -2.28. The van der Waals surface area contributed by atoms with Crippen molar-refractivity contribution in [3.63, 3.8) is 0 Å². The summed E-state index contributed by atoms with van der Waals surface area (Å²) >= 11 is 17.5. The molecule has 0 aliphatic carbocycles. The Morgan fingerprint density at radius 1 is 0.634 bits per heavy atom. The summed E-state index contributed by atoms with van der Waals surface area (Å²) in [4.78, 5) is 39.4. The van der Waals surface area contributed by atoms with Crippen molar-refractivity contribution < 1.29 is 38.1 Å². The van der Waals surface area contributed by atoms with Crippen LogP contribution in [0.25, 0.3) is 0 Å². The first-order valence-electron chi connectivity index (χ1n) is 12.3. The van der Waals surface area contributed by atoms with Gasteiger partial charge in [-0.3, -0.25) is 5.41 Å². The molecular weight excluding hydrogens is 597 g/mol. The lowest BCUT2D eigenvalue weighted by Crippen LogP contribution is -2.62. The summed E-state index contributed by atoms with van der Waals surface area (Å²) in [5, 5.41) is 8.06. The van der Waals surface area contributed by atoms with Crippen LogP contribution in [0.5, 0.6) is 0 Å². The maximum absolute atomic E-state index is 13.2. The SMILES string of the molecule is C[C@@H]1O[C@@H](OC(=N)C(Cl)(Cl)Cl)[C@H](OC(=O)c2ccccc2)[C@H](OC(=O)c2ccccc2)[C@H]1OC(=O)c1ccccc1. The molecule has 41 heavy (non-hydrogen) atoms. The number of nitrogens with one attached hydrogen (secondary N) is 1. The predicted molar refractivity (Wildman–Crippen MR) is 150 cm³/mol. The molecule has 214 valence electrons. The molecule has 3 aromatic rings. The van der Waals surface area contributed by atoms with Gasteiger partial charge in [-0.2, -0.15) is 0 Å². The van der Waals surface area contributed by atoms with Crippen molar-refractivity contribution in [1.82, 2.24) is 0 Å². The van der Waals surface area contributed by atoms with Crippen molar-refractivity contribution in [3.05, 3.63) is 108 Å². The smallest absolute Gasteiger partial charge is 0.338 e. The van der Waals surface area contributed by atoms with Crippen LogP contribution in [-0.4, -0.2) is 58.3 Å². The van der Waals surface area contributed by atoms with Gasteiger partial charge in [0.15, 0.2) is 12.2 Å². The summed E-state index contributed by atoms with van der Waals surface area (Å²) in [7, 11) is 0. The maximum atomic E-state index is 13.2. The second-order valence-corrected chi connectivity index (χ2v) is 11.1. The number of esters is 3. The van der Waals surface area contributed by atoms with Gasteiger partial charge in [-0.15, -0.1) is 0 Å². The summed E-state index contributed by atoms with van der Waals surface area (Å²) in [6.07, 6.45) is -6.93. The van der Waals surface area contributed by atoms with E-state index in [1.54, 1.807) is 66.7 Å². The molecule has 1 N–H and O–H groups in total. The van der Waals surface area contributed by atoms with Crippen molar-refractivity contribution in [2.24, 2.45) is 0 Å². The molecule has 1 fully saturated rings. The van der Waals surface area contributed by atoms with Gasteiger partial charge in [-0.25, -0.2) is 14.4 Å². The van der Waals surface area contributed by atoms with Gasteiger partial charge in [0.1, 0.15) is 0 Å². The molecule has 1 aliphatic heterocycles. The molecule has 0 saturated carbocycles. The zero-order valence-electron chi connectivity index (χ0n) is 21.4. The largest absolute Gasteiger partial charge is 0.452 e. The Bertz CT molecular complexity index is 1370. The fourth-order valence-electron chi connectivity index (χ4n) is 3.97. The molecule has 0 spiro atoms. The molecule has 0 radical (unpaired) electrons. The third kappa shape index (κ3) is 7.77. The van der Waals surface area contributed by atoms with E-state index in [4.69, 9.17) is 63.9 Å². The summed E-state index contributed by atoms with van der Waals surface area (Å²) in [5.41, 5.74) is 0.564. The van der Waals surface area contributed by atoms with E-state index < -0.39 is 58.3 Å². The van der Waals surface area contributed by atoms with Crippen LogP contribution in [0.4, 0.5) is 0 Å². The van der Waals surface area contributed by atoms with Crippen molar-refractivity contribution in [3.8, 4) is 0 Å². The molecule has 0 bridgehead atoms. The highest BCUT2D eigenvalue weighted by Gasteiger charge is 2.53.